The molecule has 2 N–H and O–H groups in total. The number of ether oxygens (including phenoxy) is 1. The molecule has 17 heavy (non-hydrogen) atoms. The molecule has 0 bridgehead atoms. The van der Waals surface area contributed by atoms with Crippen molar-refractivity contribution in [2.24, 2.45) is 0 Å². The molecule has 0 saturated heterocycles. The number of aromatic hydroxyl groups is 1. The summed E-state index contributed by atoms with van der Waals surface area (Å²) in [7, 11) is 1.22. The van der Waals surface area contributed by atoms with E-state index < -0.39 is 11.9 Å². The van der Waals surface area contributed by atoms with E-state index in [1.54, 1.807) is 19.1 Å². The maximum atomic E-state index is 11.7. The van der Waals surface area contributed by atoms with Crippen molar-refractivity contribution in [1.82, 2.24) is 5.32 Å². The summed E-state index contributed by atoms with van der Waals surface area (Å²) >= 11 is 0. The molecule has 0 heterocycles. The molecule has 1 rings (SSSR count). The Hall–Kier alpha value is -2.30. The van der Waals surface area contributed by atoms with Gasteiger partial charge in [-0.3, -0.25) is 4.79 Å². The molecule has 90 valence electrons. The zero-order valence-corrected chi connectivity index (χ0v) is 9.56. The Morgan fingerprint density at radius 3 is 2.53 bits per heavy atom. The Morgan fingerprint density at radius 2 is 2.00 bits per heavy atom. The molecule has 0 aromatic heterocycles. The van der Waals surface area contributed by atoms with Crippen LogP contribution < -0.4 is 5.32 Å². The first kappa shape index (κ1) is 12.8. The van der Waals surface area contributed by atoms with Crippen LogP contribution in [0.25, 0.3) is 0 Å². The van der Waals surface area contributed by atoms with Gasteiger partial charge in [-0.1, -0.05) is 18.2 Å². The molecular formula is C12H13NO4. The summed E-state index contributed by atoms with van der Waals surface area (Å²) < 4.78 is 4.49. The summed E-state index contributed by atoms with van der Waals surface area (Å²) in [4.78, 5) is 23.0. The second-order valence-electron chi connectivity index (χ2n) is 3.17. The van der Waals surface area contributed by atoms with Gasteiger partial charge in [0.25, 0.3) is 5.91 Å². The molecule has 0 saturated carbocycles. The normalized spacial score (nSPS) is 10.8. The molecule has 0 unspecified atom stereocenters. The predicted octanol–water partition coefficient (Wildman–Crippen LogP) is 1.20. The van der Waals surface area contributed by atoms with Crippen molar-refractivity contribution in [3.63, 3.8) is 0 Å². The second kappa shape index (κ2) is 5.69. The van der Waals surface area contributed by atoms with Crippen molar-refractivity contribution in [2.45, 2.75) is 6.92 Å². The van der Waals surface area contributed by atoms with Crippen LogP contribution in [0.1, 0.15) is 17.3 Å². The maximum absolute atomic E-state index is 11.7. The van der Waals surface area contributed by atoms with Gasteiger partial charge in [0.2, 0.25) is 0 Å². The van der Waals surface area contributed by atoms with Crippen LogP contribution in [-0.4, -0.2) is 24.1 Å². The third-order valence-corrected chi connectivity index (χ3v) is 2.09. The van der Waals surface area contributed by atoms with Crippen LogP contribution in [0.2, 0.25) is 0 Å². The molecule has 0 spiro atoms. The van der Waals surface area contributed by atoms with E-state index in [-0.39, 0.29) is 17.0 Å². The average molecular weight is 235 g/mol. The fraction of sp³-hybridized carbons (Fsp3) is 0.167. The highest BCUT2D eigenvalue weighted by atomic mass is 16.5. The molecule has 0 atom stereocenters. The van der Waals surface area contributed by atoms with Crippen LogP contribution in [0.4, 0.5) is 0 Å². The summed E-state index contributed by atoms with van der Waals surface area (Å²) in [5, 5.41) is 11.8. The number of allylic oxidation sites excluding steroid dienone is 1. The number of methoxy groups -OCH3 is 1. The number of benzene rings is 1. The standard InChI is InChI=1S/C12H13NO4/c1-3-9(12(16)17-2)13-11(15)8-6-4-5-7-10(8)14/h3-7,14H,1-2H3,(H,13,15)/b9-3-. The van der Waals surface area contributed by atoms with Gasteiger partial charge in [0.1, 0.15) is 11.4 Å². The number of rotatable bonds is 3. The fourth-order valence-electron chi connectivity index (χ4n) is 1.21. The molecule has 0 fully saturated rings. The Kier molecular flexibility index (Phi) is 4.28. The smallest absolute Gasteiger partial charge is 0.354 e. The van der Waals surface area contributed by atoms with E-state index in [4.69, 9.17) is 0 Å². The minimum atomic E-state index is -0.642. The van der Waals surface area contributed by atoms with Gasteiger partial charge in [0, 0.05) is 0 Å². The van der Waals surface area contributed by atoms with Crippen molar-refractivity contribution in [3.8, 4) is 5.75 Å². The highest BCUT2D eigenvalue weighted by molar-refractivity contribution is 6.02. The van der Waals surface area contributed by atoms with E-state index >= 15 is 0 Å². The topological polar surface area (TPSA) is 75.6 Å². The van der Waals surface area contributed by atoms with Gasteiger partial charge < -0.3 is 15.2 Å². The summed E-state index contributed by atoms with van der Waals surface area (Å²) in [6.45, 7) is 1.59. The minimum Gasteiger partial charge on any atom is -0.507 e. The lowest BCUT2D eigenvalue weighted by molar-refractivity contribution is -0.136. The molecule has 1 amide bonds. The molecule has 5 nitrogen and oxygen atoms in total. The van der Waals surface area contributed by atoms with Crippen LogP contribution in [-0.2, 0) is 9.53 Å². The number of carbonyl (C=O) groups excluding carboxylic acids is 2. The minimum absolute atomic E-state index is 0.0285. The first-order valence-electron chi connectivity index (χ1n) is 4.94. The summed E-state index contributed by atoms with van der Waals surface area (Å²) in [6, 6.07) is 6.06. The van der Waals surface area contributed by atoms with Gasteiger partial charge in [-0.25, -0.2) is 4.79 Å². The van der Waals surface area contributed by atoms with E-state index in [0.29, 0.717) is 0 Å². The zero-order chi connectivity index (χ0) is 12.8. The molecule has 5 heteroatoms. The van der Waals surface area contributed by atoms with Crippen LogP contribution in [0.5, 0.6) is 5.75 Å². The van der Waals surface area contributed by atoms with Crippen molar-refractivity contribution >= 4 is 11.9 Å². The molecule has 0 aliphatic carbocycles. The van der Waals surface area contributed by atoms with Crippen molar-refractivity contribution in [2.75, 3.05) is 7.11 Å². The van der Waals surface area contributed by atoms with E-state index in [1.165, 1.54) is 25.3 Å². The number of para-hydroxylation sites is 1. The SMILES string of the molecule is C/C=C(\NC(=O)c1ccccc1O)C(=O)OC. The van der Waals surface area contributed by atoms with E-state index in [2.05, 4.69) is 10.1 Å². The zero-order valence-electron chi connectivity index (χ0n) is 9.56. The maximum Gasteiger partial charge on any atom is 0.354 e. The first-order valence-corrected chi connectivity index (χ1v) is 4.94. The summed E-state index contributed by atoms with van der Waals surface area (Å²) in [5.41, 5.74) is 0.122. The van der Waals surface area contributed by atoms with E-state index in [1.807, 2.05) is 0 Å². The predicted molar refractivity (Wildman–Crippen MR) is 61.3 cm³/mol. The fourth-order valence-corrected chi connectivity index (χ4v) is 1.21. The lowest BCUT2D eigenvalue weighted by atomic mass is 10.2. The monoisotopic (exact) mass is 235 g/mol. The number of hydrogen-bond acceptors (Lipinski definition) is 4. The van der Waals surface area contributed by atoms with Crippen LogP contribution in [0.15, 0.2) is 36.0 Å². The van der Waals surface area contributed by atoms with Crippen LogP contribution >= 0.6 is 0 Å². The molecule has 0 aliphatic heterocycles. The third-order valence-electron chi connectivity index (χ3n) is 2.09. The number of esters is 1. The van der Waals surface area contributed by atoms with Gasteiger partial charge in [0.05, 0.1) is 12.7 Å². The van der Waals surface area contributed by atoms with Crippen molar-refractivity contribution < 1.29 is 19.4 Å². The lowest BCUT2D eigenvalue weighted by Crippen LogP contribution is -2.28. The Labute approximate surface area is 98.7 Å². The Balaban J connectivity index is 2.86. The molecule has 1 aromatic carbocycles. The quantitative estimate of drug-likeness (QED) is 0.609. The molecular weight excluding hydrogens is 222 g/mol. The van der Waals surface area contributed by atoms with E-state index in [9.17, 15) is 14.7 Å². The summed E-state index contributed by atoms with van der Waals surface area (Å²) in [6.07, 6.45) is 1.42. The molecule has 0 aliphatic rings. The van der Waals surface area contributed by atoms with Crippen LogP contribution in [0.3, 0.4) is 0 Å². The largest absolute Gasteiger partial charge is 0.507 e. The number of hydrogen-bond donors (Lipinski definition) is 2. The number of amides is 1. The highest BCUT2D eigenvalue weighted by Gasteiger charge is 2.15. The number of phenols is 1. The second-order valence-corrected chi connectivity index (χ2v) is 3.17. The van der Waals surface area contributed by atoms with Gasteiger partial charge >= 0.3 is 5.97 Å². The molecule has 1 aromatic rings. The van der Waals surface area contributed by atoms with Gasteiger partial charge in [0.15, 0.2) is 0 Å². The Bertz CT molecular complexity index is 465. The van der Waals surface area contributed by atoms with Crippen molar-refractivity contribution in [1.29, 1.82) is 0 Å². The number of nitrogens with one attached hydrogen (secondary N) is 1. The van der Waals surface area contributed by atoms with Crippen molar-refractivity contribution in [3.05, 3.63) is 41.6 Å². The first-order chi connectivity index (χ1) is 8.10. The van der Waals surface area contributed by atoms with Gasteiger partial charge in [-0.15, -0.1) is 0 Å². The lowest BCUT2D eigenvalue weighted by Gasteiger charge is -2.08. The van der Waals surface area contributed by atoms with Crippen LogP contribution in [0, 0.1) is 0 Å². The molecule has 0 radical (unpaired) electrons. The Morgan fingerprint density at radius 1 is 1.35 bits per heavy atom. The van der Waals surface area contributed by atoms with E-state index in [0.717, 1.165) is 0 Å². The summed E-state index contributed by atoms with van der Waals surface area (Å²) in [5.74, 6) is -1.36. The van der Waals surface area contributed by atoms with Gasteiger partial charge in [-0.2, -0.15) is 0 Å². The third kappa shape index (κ3) is 3.07. The van der Waals surface area contributed by atoms with Gasteiger partial charge in [-0.05, 0) is 19.1 Å². The number of carbonyl (C=O) groups is 2. The number of phenolic OH excluding ortho intramolecular Hbond substituents is 1. The average Bonchev–Trinajstić information content (AvgIpc) is 2.35. The highest BCUT2D eigenvalue weighted by Crippen LogP contribution is 2.15.